The second-order valence-electron chi connectivity index (χ2n) is 6.67. The topological polar surface area (TPSA) is 44.1 Å². The number of aromatic nitrogens is 2. The minimum absolute atomic E-state index is 0.0436. The van der Waals surface area contributed by atoms with Crippen LogP contribution >= 0.6 is 27.7 Å². The highest BCUT2D eigenvalue weighted by atomic mass is 79.9. The summed E-state index contributed by atoms with van der Waals surface area (Å²) in [5.74, 6) is 1.24. The van der Waals surface area contributed by atoms with Gasteiger partial charge in [0, 0.05) is 23.4 Å². The van der Waals surface area contributed by atoms with E-state index in [-0.39, 0.29) is 11.7 Å². The first-order valence-corrected chi connectivity index (χ1v) is 10.3. The van der Waals surface area contributed by atoms with Gasteiger partial charge < -0.3 is 4.74 Å². The summed E-state index contributed by atoms with van der Waals surface area (Å²) in [5.41, 5.74) is 0.803. The Morgan fingerprint density at radius 2 is 2.25 bits per heavy atom. The van der Waals surface area contributed by atoms with Gasteiger partial charge in [-0.2, -0.15) is 0 Å². The fourth-order valence-electron chi connectivity index (χ4n) is 2.92. The molecule has 24 heavy (non-hydrogen) atoms. The maximum absolute atomic E-state index is 12.9. The van der Waals surface area contributed by atoms with Crippen LogP contribution in [0.2, 0.25) is 0 Å². The van der Waals surface area contributed by atoms with E-state index in [0.717, 1.165) is 40.3 Å². The van der Waals surface area contributed by atoms with Gasteiger partial charge in [0.15, 0.2) is 5.16 Å². The van der Waals surface area contributed by atoms with Gasteiger partial charge in [0.1, 0.15) is 0 Å². The van der Waals surface area contributed by atoms with Gasteiger partial charge in [0.25, 0.3) is 5.56 Å². The smallest absolute Gasteiger partial charge is 0.262 e. The molecule has 4 nitrogen and oxygen atoms in total. The summed E-state index contributed by atoms with van der Waals surface area (Å²) >= 11 is 5.09. The lowest BCUT2D eigenvalue weighted by atomic mass is 10.1. The van der Waals surface area contributed by atoms with E-state index in [1.807, 2.05) is 22.8 Å². The molecule has 1 unspecified atom stereocenters. The molecule has 0 saturated carbocycles. The van der Waals surface area contributed by atoms with Crippen molar-refractivity contribution in [3.63, 3.8) is 0 Å². The van der Waals surface area contributed by atoms with Crippen LogP contribution < -0.4 is 5.56 Å². The minimum atomic E-state index is 0.0436. The van der Waals surface area contributed by atoms with Crippen molar-refractivity contribution in [1.29, 1.82) is 0 Å². The Hall–Kier alpha value is -0.850. The molecule has 6 heteroatoms. The van der Waals surface area contributed by atoms with E-state index < -0.39 is 0 Å². The van der Waals surface area contributed by atoms with E-state index in [1.54, 1.807) is 11.8 Å². The van der Waals surface area contributed by atoms with Crippen molar-refractivity contribution in [3.8, 4) is 0 Å². The highest BCUT2D eigenvalue weighted by Crippen LogP contribution is 2.24. The Kier molecular flexibility index (Phi) is 6.00. The molecule has 1 aliphatic heterocycles. The lowest BCUT2D eigenvalue weighted by Crippen LogP contribution is -2.27. The Balaban J connectivity index is 1.94. The zero-order chi connectivity index (χ0) is 17.1. The number of benzene rings is 1. The maximum Gasteiger partial charge on any atom is 0.262 e. The van der Waals surface area contributed by atoms with Gasteiger partial charge in [-0.25, -0.2) is 4.98 Å². The molecular formula is C18H23BrN2O2S. The summed E-state index contributed by atoms with van der Waals surface area (Å²) in [6.45, 7) is 5.78. The second-order valence-corrected chi connectivity index (χ2v) is 8.57. The molecular weight excluding hydrogens is 388 g/mol. The average Bonchev–Trinajstić information content (AvgIpc) is 2.57. The Labute approximate surface area is 155 Å². The highest BCUT2D eigenvalue weighted by Gasteiger charge is 2.18. The van der Waals surface area contributed by atoms with Crippen LogP contribution in [0.15, 0.2) is 32.6 Å². The van der Waals surface area contributed by atoms with Gasteiger partial charge in [-0.1, -0.05) is 41.5 Å². The first kappa shape index (κ1) is 18.0. The zero-order valence-electron chi connectivity index (χ0n) is 14.1. The van der Waals surface area contributed by atoms with Crippen molar-refractivity contribution in [2.24, 2.45) is 5.92 Å². The molecule has 2 aromatic rings. The zero-order valence-corrected chi connectivity index (χ0v) is 16.5. The first-order chi connectivity index (χ1) is 11.5. The van der Waals surface area contributed by atoms with Crippen molar-refractivity contribution >= 4 is 38.6 Å². The molecule has 0 bridgehead atoms. The standard InChI is InChI=1S/C18H23BrN2O2S/c1-12(2)10-21-17(22)15-9-13(19)6-7-16(15)20-18(21)24-11-14-5-3-4-8-23-14/h6-7,9,12,14H,3-5,8,10-11H2,1-2H3. The Morgan fingerprint density at radius 1 is 1.42 bits per heavy atom. The number of thioether (sulfide) groups is 1. The van der Waals surface area contributed by atoms with Crippen LogP contribution in [0.1, 0.15) is 33.1 Å². The predicted molar refractivity (Wildman–Crippen MR) is 103 cm³/mol. The number of hydrogen-bond acceptors (Lipinski definition) is 4. The molecule has 1 atom stereocenters. The molecule has 0 radical (unpaired) electrons. The molecule has 1 aromatic carbocycles. The van der Waals surface area contributed by atoms with Gasteiger partial charge in [-0.3, -0.25) is 9.36 Å². The molecule has 1 saturated heterocycles. The predicted octanol–water partition coefficient (Wildman–Crippen LogP) is 4.48. The van der Waals surface area contributed by atoms with Crippen molar-refractivity contribution in [2.45, 2.75) is 50.9 Å². The SMILES string of the molecule is CC(C)Cn1c(SCC2CCCCO2)nc2ccc(Br)cc2c1=O. The van der Waals surface area contributed by atoms with Crippen LogP contribution in [-0.4, -0.2) is 28.0 Å². The molecule has 0 spiro atoms. The van der Waals surface area contributed by atoms with Crippen molar-refractivity contribution in [3.05, 3.63) is 33.0 Å². The third-order valence-corrected chi connectivity index (χ3v) is 5.70. The van der Waals surface area contributed by atoms with E-state index in [0.29, 0.717) is 17.8 Å². The van der Waals surface area contributed by atoms with Gasteiger partial charge in [0.05, 0.1) is 17.0 Å². The van der Waals surface area contributed by atoms with E-state index >= 15 is 0 Å². The van der Waals surface area contributed by atoms with Gasteiger partial charge >= 0.3 is 0 Å². The number of rotatable bonds is 5. The summed E-state index contributed by atoms with van der Waals surface area (Å²) in [6.07, 6.45) is 3.75. The van der Waals surface area contributed by atoms with Crippen LogP contribution in [0.3, 0.4) is 0 Å². The molecule has 1 fully saturated rings. The largest absolute Gasteiger partial charge is 0.377 e. The number of halogens is 1. The quantitative estimate of drug-likeness (QED) is 0.538. The monoisotopic (exact) mass is 410 g/mol. The summed E-state index contributed by atoms with van der Waals surface area (Å²) in [7, 11) is 0. The fourth-order valence-corrected chi connectivity index (χ4v) is 4.35. The molecule has 0 N–H and O–H groups in total. The number of ether oxygens (including phenoxy) is 1. The summed E-state index contributed by atoms with van der Waals surface area (Å²) in [4.78, 5) is 17.7. The van der Waals surface area contributed by atoms with Gasteiger partial charge in [-0.15, -0.1) is 0 Å². The molecule has 3 rings (SSSR count). The molecule has 1 aromatic heterocycles. The van der Waals surface area contributed by atoms with E-state index in [9.17, 15) is 4.79 Å². The molecule has 0 amide bonds. The van der Waals surface area contributed by atoms with E-state index in [4.69, 9.17) is 9.72 Å². The number of hydrogen-bond donors (Lipinski definition) is 0. The van der Waals surface area contributed by atoms with E-state index in [1.165, 1.54) is 6.42 Å². The number of nitrogens with zero attached hydrogens (tertiary/aromatic N) is 2. The van der Waals surface area contributed by atoms with E-state index in [2.05, 4.69) is 29.8 Å². The van der Waals surface area contributed by atoms with Crippen LogP contribution in [0.4, 0.5) is 0 Å². The lowest BCUT2D eigenvalue weighted by molar-refractivity contribution is 0.0315. The average molecular weight is 411 g/mol. The minimum Gasteiger partial charge on any atom is -0.377 e. The number of fused-ring (bicyclic) bond motifs is 1. The summed E-state index contributed by atoms with van der Waals surface area (Å²) < 4.78 is 8.54. The molecule has 0 aliphatic carbocycles. The van der Waals surface area contributed by atoms with Crippen LogP contribution in [0.5, 0.6) is 0 Å². The molecule has 2 heterocycles. The fraction of sp³-hybridized carbons (Fsp3) is 0.556. The summed E-state index contributed by atoms with van der Waals surface area (Å²) in [5, 5.41) is 1.47. The first-order valence-electron chi connectivity index (χ1n) is 8.49. The Morgan fingerprint density at radius 3 is 2.96 bits per heavy atom. The van der Waals surface area contributed by atoms with Gasteiger partial charge in [-0.05, 0) is 43.4 Å². The third-order valence-electron chi connectivity index (χ3n) is 4.10. The third kappa shape index (κ3) is 4.21. The van der Waals surface area contributed by atoms with Crippen molar-refractivity contribution in [2.75, 3.05) is 12.4 Å². The van der Waals surface area contributed by atoms with Crippen molar-refractivity contribution in [1.82, 2.24) is 9.55 Å². The van der Waals surface area contributed by atoms with Gasteiger partial charge in [0.2, 0.25) is 0 Å². The maximum atomic E-state index is 12.9. The normalized spacial score (nSPS) is 18.4. The van der Waals surface area contributed by atoms with Crippen LogP contribution in [0.25, 0.3) is 10.9 Å². The van der Waals surface area contributed by atoms with Crippen molar-refractivity contribution < 1.29 is 4.74 Å². The Bertz CT molecular complexity index is 769. The molecule has 1 aliphatic rings. The second kappa shape index (κ2) is 8.02. The summed E-state index contributed by atoms with van der Waals surface area (Å²) in [6, 6.07) is 5.70. The highest BCUT2D eigenvalue weighted by molar-refractivity contribution is 9.10. The van der Waals surface area contributed by atoms with Crippen LogP contribution in [-0.2, 0) is 11.3 Å². The lowest BCUT2D eigenvalue weighted by Gasteiger charge is -2.22. The van der Waals surface area contributed by atoms with Crippen LogP contribution in [0, 0.1) is 5.92 Å². The molecule has 130 valence electrons.